The molecule has 1 heterocycles. The summed E-state index contributed by atoms with van der Waals surface area (Å²) in [5.74, 6) is 0.371. The van der Waals surface area contributed by atoms with Crippen molar-refractivity contribution in [1.29, 1.82) is 0 Å². The van der Waals surface area contributed by atoms with E-state index in [4.69, 9.17) is 0 Å². The van der Waals surface area contributed by atoms with Crippen LogP contribution in [-0.4, -0.2) is 25.4 Å². The molecule has 0 fully saturated rings. The summed E-state index contributed by atoms with van der Waals surface area (Å²) in [5, 5.41) is 2.73. The van der Waals surface area contributed by atoms with Crippen LogP contribution in [-0.2, 0) is 10.0 Å². The Morgan fingerprint density at radius 3 is 2.35 bits per heavy atom. The largest absolute Gasteiger partial charge is 0.357 e. The third kappa shape index (κ3) is 3.05. The molecule has 0 saturated carbocycles. The number of nitrogens with zero attached hydrogens (tertiary/aromatic N) is 2. The average molecular weight is 292 g/mol. The fourth-order valence-electron chi connectivity index (χ4n) is 1.63. The monoisotopic (exact) mass is 292 g/mol. The Balaban J connectivity index is 2.32. The lowest BCUT2D eigenvalue weighted by Gasteiger charge is -2.11. The topological polar surface area (TPSA) is 84.0 Å². The van der Waals surface area contributed by atoms with Gasteiger partial charge < -0.3 is 5.32 Å². The van der Waals surface area contributed by atoms with E-state index in [0.29, 0.717) is 11.6 Å². The standard InChI is InChI=1S/C13H16N4O2S/c1-9-4-5-10(2)12(6-9)17-20(18,19)11-7-15-13(14-3)16-8-11/h4-8,17H,1-3H3,(H,14,15,16). The minimum atomic E-state index is -3.68. The van der Waals surface area contributed by atoms with Crippen LogP contribution in [0.15, 0.2) is 35.5 Å². The molecule has 0 spiro atoms. The number of sulfonamides is 1. The minimum Gasteiger partial charge on any atom is -0.357 e. The third-order valence-corrected chi connectivity index (χ3v) is 4.12. The average Bonchev–Trinajstić information content (AvgIpc) is 2.43. The van der Waals surface area contributed by atoms with E-state index < -0.39 is 10.0 Å². The molecule has 6 nitrogen and oxygen atoms in total. The highest BCUT2D eigenvalue weighted by Gasteiger charge is 2.16. The van der Waals surface area contributed by atoms with Crippen molar-refractivity contribution < 1.29 is 8.42 Å². The number of nitrogens with one attached hydrogen (secondary N) is 2. The summed E-state index contributed by atoms with van der Waals surface area (Å²) in [4.78, 5) is 7.83. The van der Waals surface area contributed by atoms with Crippen molar-refractivity contribution in [1.82, 2.24) is 9.97 Å². The van der Waals surface area contributed by atoms with E-state index in [1.165, 1.54) is 12.4 Å². The molecule has 0 radical (unpaired) electrons. The molecular weight excluding hydrogens is 276 g/mol. The zero-order valence-corrected chi connectivity index (χ0v) is 12.3. The maximum absolute atomic E-state index is 12.3. The number of hydrogen-bond acceptors (Lipinski definition) is 5. The van der Waals surface area contributed by atoms with Crippen LogP contribution < -0.4 is 10.0 Å². The first-order chi connectivity index (χ1) is 9.42. The van der Waals surface area contributed by atoms with E-state index in [1.54, 1.807) is 13.1 Å². The predicted molar refractivity (Wildman–Crippen MR) is 78.3 cm³/mol. The molecule has 0 saturated heterocycles. The molecule has 20 heavy (non-hydrogen) atoms. The number of benzene rings is 1. The van der Waals surface area contributed by atoms with Gasteiger partial charge in [0.1, 0.15) is 4.90 Å². The summed E-state index contributed by atoms with van der Waals surface area (Å²) in [6.45, 7) is 3.75. The SMILES string of the molecule is CNc1ncc(S(=O)(=O)Nc2cc(C)ccc2C)cn1. The van der Waals surface area contributed by atoms with E-state index in [9.17, 15) is 8.42 Å². The van der Waals surface area contributed by atoms with Crippen LogP contribution in [0.4, 0.5) is 11.6 Å². The second-order valence-corrected chi connectivity index (χ2v) is 6.10. The number of anilines is 2. The van der Waals surface area contributed by atoms with Gasteiger partial charge in [-0.25, -0.2) is 18.4 Å². The minimum absolute atomic E-state index is 0.0254. The van der Waals surface area contributed by atoms with Crippen LogP contribution in [0.1, 0.15) is 11.1 Å². The summed E-state index contributed by atoms with van der Waals surface area (Å²) in [6, 6.07) is 5.58. The Labute approximate surface area is 118 Å². The maximum Gasteiger partial charge on any atom is 0.264 e. The first-order valence-electron chi connectivity index (χ1n) is 6.02. The normalized spacial score (nSPS) is 11.2. The van der Waals surface area contributed by atoms with Crippen molar-refractivity contribution in [2.24, 2.45) is 0 Å². The van der Waals surface area contributed by atoms with Crippen molar-refractivity contribution in [3.05, 3.63) is 41.7 Å². The maximum atomic E-state index is 12.3. The molecule has 0 aliphatic carbocycles. The molecule has 2 rings (SSSR count). The molecule has 106 valence electrons. The number of rotatable bonds is 4. The molecule has 7 heteroatoms. The summed E-state index contributed by atoms with van der Waals surface area (Å²) < 4.78 is 27.1. The van der Waals surface area contributed by atoms with Gasteiger partial charge in [-0.3, -0.25) is 4.72 Å². The number of aryl methyl sites for hydroxylation is 2. The lowest BCUT2D eigenvalue weighted by molar-refractivity contribution is 0.600. The highest BCUT2D eigenvalue weighted by atomic mass is 32.2. The highest BCUT2D eigenvalue weighted by molar-refractivity contribution is 7.92. The van der Waals surface area contributed by atoms with Crippen molar-refractivity contribution in [2.75, 3.05) is 17.1 Å². The lowest BCUT2D eigenvalue weighted by Crippen LogP contribution is -2.14. The van der Waals surface area contributed by atoms with Crippen LogP contribution in [0, 0.1) is 13.8 Å². The van der Waals surface area contributed by atoms with Gasteiger partial charge in [0, 0.05) is 7.05 Å². The van der Waals surface area contributed by atoms with Crippen LogP contribution >= 0.6 is 0 Å². The summed E-state index contributed by atoms with van der Waals surface area (Å²) in [5.41, 5.74) is 2.39. The number of hydrogen-bond donors (Lipinski definition) is 2. The molecule has 0 bridgehead atoms. The molecule has 0 aliphatic heterocycles. The van der Waals surface area contributed by atoms with Crippen molar-refractivity contribution in [3.8, 4) is 0 Å². The molecule has 2 aromatic rings. The van der Waals surface area contributed by atoms with Gasteiger partial charge in [-0.05, 0) is 31.0 Å². The Kier molecular flexibility index (Phi) is 3.89. The molecule has 1 aromatic heterocycles. The second kappa shape index (κ2) is 5.46. The van der Waals surface area contributed by atoms with Crippen molar-refractivity contribution in [2.45, 2.75) is 18.7 Å². The Hall–Kier alpha value is -2.15. The van der Waals surface area contributed by atoms with Gasteiger partial charge in [-0.1, -0.05) is 12.1 Å². The van der Waals surface area contributed by atoms with E-state index in [2.05, 4.69) is 20.0 Å². The second-order valence-electron chi connectivity index (χ2n) is 4.42. The highest BCUT2D eigenvalue weighted by Crippen LogP contribution is 2.20. The van der Waals surface area contributed by atoms with Gasteiger partial charge in [-0.2, -0.15) is 0 Å². The predicted octanol–water partition coefficient (Wildman–Crippen LogP) is 1.94. The van der Waals surface area contributed by atoms with E-state index >= 15 is 0 Å². The third-order valence-electron chi connectivity index (χ3n) is 2.80. The van der Waals surface area contributed by atoms with Crippen LogP contribution in [0.25, 0.3) is 0 Å². The van der Waals surface area contributed by atoms with E-state index in [-0.39, 0.29) is 4.90 Å². The Morgan fingerprint density at radius 2 is 1.75 bits per heavy atom. The fraction of sp³-hybridized carbons (Fsp3) is 0.231. The quantitative estimate of drug-likeness (QED) is 0.899. The van der Waals surface area contributed by atoms with Gasteiger partial charge in [-0.15, -0.1) is 0 Å². The van der Waals surface area contributed by atoms with Crippen LogP contribution in [0.2, 0.25) is 0 Å². The van der Waals surface area contributed by atoms with Gasteiger partial charge in [0.05, 0.1) is 18.1 Å². The van der Waals surface area contributed by atoms with E-state index in [1.807, 2.05) is 26.0 Å². The summed E-state index contributed by atoms with van der Waals surface area (Å²) in [7, 11) is -2.02. The Morgan fingerprint density at radius 1 is 1.10 bits per heavy atom. The lowest BCUT2D eigenvalue weighted by atomic mass is 10.1. The molecule has 1 aromatic carbocycles. The Bertz CT molecular complexity index is 712. The van der Waals surface area contributed by atoms with Gasteiger partial charge in [0.2, 0.25) is 5.95 Å². The zero-order valence-electron chi connectivity index (χ0n) is 11.5. The van der Waals surface area contributed by atoms with Crippen molar-refractivity contribution >= 4 is 21.7 Å². The first-order valence-corrected chi connectivity index (χ1v) is 7.50. The molecule has 0 aliphatic rings. The molecular formula is C13H16N4O2S. The molecule has 0 unspecified atom stereocenters. The molecule has 2 N–H and O–H groups in total. The van der Waals surface area contributed by atoms with E-state index in [0.717, 1.165) is 11.1 Å². The van der Waals surface area contributed by atoms with Gasteiger partial charge in [0.25, 0.3) is 10.0 Å². The summed E-state index contributed by atoms with van der Waals surface area (Å²) >= 11 is 0. The van der Waals surface area contributed by atoms with Gasteiger partial charge >= 0.3 is 0 Å². The van der Waals surface area contributed by atoms with Crippen LogP contribution in [0.5, 0.6) is 0 Å². The zero-order chi connectivity index (χ0) is 14.8. The van der Waals surface area contributed by atoms with Crippen molar-refractivity contribution in [3.63, 3.8) is 0 Å². The first kappa shape index (κ1) is 14.3. The fourth-order valence-corrected chi connectivity index (χ4v) is 2.64. The summed E-state index contributed by atoms with van der Waals surface area (Å²) in [6.07, 6.45) is 2.54. The number of aromatic nitrogens is 2. The van der Waals surface area contributed by atoms with Crippen LogP contribution in [0.3, 0.4) is 0 Å². The smallest absolute Gasteiger partial charge is 0.264 e. The molecule has 0 atom stereocenters. The molecule has 0 amide bonds. The van der Waals surface area contributed by atoms with Gasteiger partial charge in [0.15, 0.2) is 0 Å².